The van der Waals surface area contributed by atoms with Crippen LogP contribution >= 0.6 is 11.6 Å². The van der Waals surface area contributed by atoms with Gasteiger partial charge in [0.2, 0.25) is 0 Å². The van der Waals surface area contributed by atoms with Crippen LogP contribution in [0.2, 0.25) is 5.02 Å². The molecule has 20 heavy (non-hydrogen) atoms. The normalized spacial score (nSPS) is 12.3. The summed E-state index contributed by atoms with van der Waals surface area (Å²) in [6.07, 6.45) is 2.10. The summed E-state index contributed by atoms with van der Waals surface area (Å²) in [6.45, 7) is 8.33. The Kier molecular flexibility index (Phi) is 6.86. The lowest BCUT2D eigenvalue weighted by molar-refractivity contribution is -0.123. The fraction of sp³-hybridized carbons (Fsp3) is 0.562. The number of ether oxygens (including phenoxy) is 1. The van der Waals surface area contributed by atoms with E-state index in [1.165, 1.54) is 0 Å². The fourth-order valence-electron chi connectivity index (χ4n) is 1.89. The fourth-order valence-corrected chi connectivity index (χ4v) is 2.12. The lowest BCUT2D eigenvalue weighted by Crippen LogP contribution is -2.36. The predicted molar refractivity (Wildman–Crippen MR) is 83.4 cm³/mol. The van der Waals surface area contributed by atoms with E-state index in [4.69, 9.17) is 16.3 Å². The molecule has 112 valence electrons. The number of halogens is 1. The van der Waals surface area contributed by atoms with Gasteiger partial charge in [-0.1, -0.05) is 25.4 Å². The average Bonchev–Trinajstić information content (AvgIpc) is 2.35. The topological polar surface area (TPSA) is 38.3 Å². The molecular formula is C16H24ClNO2. The van der Waals surface area contributed by atoms with Crippen LogP contribution in [-0.4, -0.2) is 18.6 Å². The first-order valence-corrected chi connectivity index (χ1v) is 7.44. The lowest BCUT2D eigenvalue weighted by Gasteiger charge is -2.15. The second-order valence-corrected chi connectivity index (χ2v) is 6.07. The predicted octanol–water partition coefficient (Wildman–Crippen LogP) is 3.97. The largest absolute Gasteiger partial charge is 0.484 e. The molecule has 4 heteroatoms. The third kappa shape index (κ3) is 6.29. The molecule has 1 amide bonds. The average molecular weight is 298 g/mol. The van der Waals surface area contributed by atoms with Crippen molar-refractivity contribution in [2.75, 3.05) is 6.61 Å². The van der Waals surface area contributed by atoms with Crippen molar-refractivity contribution >= 4 is 17.5 Å². The molecule has 0 aliphatic rings. The lowest BCUT2D eigenvalue weighted by atomic mass is 10.0. The number of benzene rings is 1. The highest BCUT2D eigenvalue weighted by molar-refractivity contribution is 6.30. The summed E-state index contributed by atoms with van der Waals surface area (Å²) in [5.41, 5.74) is 0.929. The summed E-state index contributed by atoms with van der Waals surface area (Å²) in [7, 11) is 0. The van der Waals surface area contributed by atoms with E-state index in [9.17, 15) is 4.79 Å². The van der Waals surface area contributed by atoms with Crippen molar-refractivity contribution in [2.45, 2.75) is 46.6 Å². The summed E-state index contributed by atoms with van der Waals surface area (Å²) in [4.78, 5) is 11.8. The minimum Gasteiger partial charge on any atom is -0.484 e. The van der Waals surface area contributed by atoms with E-state index >= 15 is 0 Å². The van der Waals surface area contributed by atoms with E-state index in [2.05, 4.69) is 19.2 Å². The molecule has 1 aromatic carbocycles. The minimum atomic E-state index is -0.0874. The summed E-state index contributed by atoms with van der Waals surface area (Å²) < 4.78 is 5.51. The zero-order chi connectivity index (χ0) is 15.1. The van der Waals surface area contributed by atoms with Gasteiger partial charge in [0, 0.05) is 11.1 Å². The van der Waals surface area contributed by atoms with E-state index in [1.54, 1.807) is 12.1 Å². The molecule has 0 fully saturated rings. The second-order valence-electron chi connectivity index (χ2n) is 5.64. The third-order valence-electron chi connectivity index (χ3n) is 3.08. The molecule has 1 unspecified atom stereocenters. The Balaban J connectivity index is 2.36. The number of amides is 1. The minimum absolute atomic E-state index is 0.0362. The molecule has 0 saturated heterocycles. The van der Waals surface area contributed by atoms with Gasteiger partial charge in [0.15, 0.2) is 6.61 Å². The Hall–Kier alpha value is -1.22. The molecule has 0 heterocycles. The van der Waals surface area contributed by atoms with Gasteiger partial charge in [-0.15, -0.1) is 0 Å². The number of carbonyl (C=O) groups excluding carboxylic acids is 1. The zero-order valence-electron chi connectivity index (χ0n) is 12.7. The maximum Gasteiger partial charge on any atom is 0.258 e. The maximum absolute atomic E-state index is 11.8. The Labute approximate surface area is 126 Å². The summed E-state index contributed by atoms with van der Waals surface area (Å²) in [6, 6.07) is 5.54. The standard InChI is InChI=1S/C16H24ClNO2/c1-11(2)5-6-13(4)18-16(19)10-20-15-8-7-14(17)9-12(15)3/h7-9,11,13H,5-6,10H2,1-4H3,(H,18,19). The summed E-state index contributed by atoms with van der Waals surface area (Å²) in [5, 5.41) is 3.61. The van der Waals surface area contributed by atoms with Crippen LogP contribution in [0.3, 0.4) is 0 Å². The van der Waals surface area contributed by atoms with Crippen LogP contribution in [0.4, 0.5) is 0 Å². The van der Waals surface area contributed by atoms with Crippen LogP contribution in [0.5, 0.6) is 5.75 Å². The monoisotopic (exact) mass is 297 g/mol. The van der Waals surface area contributed by atoms with Crippen molar-refractivity contribution in [3.63, 3.8) is 0 Å². The Morgan fingerprint density at radius 3 is 2.60 bits per heavy atom. The Morgan fingerprint density at radius 1 is 1.30 bits per heavy atom. The van der Waals surface area contributed by atoms with Crippen LogP contribution in [-0.2, 0) is 4.79 Å². The molecule has 0 spiro atoms. The van der Waals surface area contributed by atoms with Gasteiger partial charge in [0.05, 0.1) is 0 Å². The van der Waals surface area contributed by atoms with E-state index in [0.29, 0.717) is 16.7 Å². The van der Waals surface area contributed by atoms with Crippen molar-refractivity contribution in [3.8, 4) is 5.75 Å². The molecule has 0 aliphatic carbocycles. The number of nitrogens with one attached hydrogen (secondary N) is 1. The molecule has 1 rings (SSSR count). The van der Waals surface area contributed by atoms with Crippen LogP contribution in [0.25, 0.3) is 0 Å². The van der Waals surface area contributed by atoms with E-state index in [0.717, 1.165) is 18.4 Å². The van der Waals surface area contributed by atoms with Crippen LogP contribution < -0.4 is 10.1 Å². The van der Waals surface area contributed by atoms with Crippen molar-refractivity contribution in [3.05, 3.63) is 28.8 Å². The molecule has 1 aromatic rings. The third-order valence-corrected chi connectivity index (χ3v) is 3.32. The number of aryl methyl sites for hydroxylation is 1. The first-order valence-electron chi connectivity index (χ1n) is 7.06. The number of hydrogen-bond acceptors (Lipinski definition) is 2. The molecule has 0 aromatic heterocycles. The highest BCUT2D eigenvalue weighted by Crippen LogP contribution is 2.21. The van der Waals surface area contributed by atoms with Crippen molar-refractivity contribution in [1.29, 1.82) is 0 Å². The number of rotatable bonds is 7. The highest BCUT2D eigenvalue weighted by atomic mass is 35.5. The van der Waals surface area contributed by atoms with Crippen molar-refractivity contribution in [2.24, 2.45) is 5.92 Å². The Morgan fingerprint density at radius 2 is 2.00 bits per heavy atom. The van der Waals surface area contributed by atoms with Gasteiger partial charge >= 0.3 is 0 Å². The van der Waals surface area contributed by atoms with Crippen LogP contribution in [0, 0.1) is 12.8 Å². The molecule has 3 nitrogen and oxygen atoms in total. The van der Waals surface area contributed by atoms with Gasteiger partial charge in [0.25, 0.3) is 5.91 Å². The molecule has 1 N–H and O–H groups in total. The molecule has 0 saturated carbocycles. The van der Waals surface area contributed by atoms with E-state index in [1.807, 2.05) is 19.9 Å². The zero-order valence-corrected chi connectivity index (χ0v) is 13.5. The van der Waals surface area contributed by atoms with Gasteiger partial charge < -0.3 is 10.1 Å². The molecule has 0 bridgehead atoms. The van der Waals surface area contributed by atoms with Crippen LogP contribution in [0.1, 0.15) is 39.2 Å². The second kappa shape index (κ2) is 8.15. The SMILES string of the molecule is Cc1cc(Cl)ccc1OCC(=O)NC(C)CCC(C)C. The summed E-state index contributed by atoms with van der Waals surface area (Å²) in [5.74, 6) is 1.26. The number of carbonyl (C=O) groups is 1. The van der Waals surface area contributed by atoms with Gasteiger partial charge in [-0.25, -0.2) is 0 Å². The summed E-state index contributed by atoms with van der Waals surface area (Å²) >= 11 is 5.87. The highest BCUT2D eigenvalue weighted by Gasteiger charge is 2.09. The van der Waals surface area contributed by atoms with E-state index < -0.39 is 0 Å². The molecular weight excluding hydrogens is 274 g/mol. The van der Waals surface area contributed by atoms with Crippen molar-refractivity contribution in [1.82, 2.24) is 5.32 Å². The maximum atomic E-state index is 11.8. The molecule has 0 radical (unpaired) electrons. The first-order chi connectivity index (χ1) is 9.38. The van der Waals surface area contributed by atoms with E-state index in [-0.39, 0.29) is 18.6 Å². The smallest absolute Gasteiger partial charge is 0.258 e. The molecule has 1 atom stereocenters. The van der Waals surface area contributed by atoms with Gasteiger partial charge in [-0.3, -0.25) is 4.79 Å². The first kappa shape index (κ1) is 16.8. The van der Waals surface area contributed by atoms with Gasteiger partial charge in [0.1, 0.15) is 5.75 Å². The van der Waals surface area contributed by atoms with Crippen molar-refractivity contribution < 1.29 is 9.53 Å². The quantitative estimate of drug-likeness (QED) is 0.827. The molecule has 0 aliphatic heterocycles. The Bertz CT molecular complexity index is 446. The van der Waals surface area contributed by atoms with Gasteiger partial charge in [-0.05, 0) is 56.4 Å². The van der Waals surface area contributed by atoms with Crippen LogP contribution in [0.15, 0.2) is 18.2 Å². The number of hydrogen-bond donors (Lipinski definition) is 1. The van der Waals surface area contributed by atoms with Gasteiger partial charge in [-0.2, -0.15) is 0 Å².